The topological polar surface area (TPSA) is 43.8 Å². The molecule has 1 heterocycles. The van der Waals surface area contributed by atoms with E-state index in [-0.39, 0.29) is 6.54 Å². The molecule has 0 saturated carbocycles. The van der Waals surface area contributed by atoms with Gasteiger partial charge in [-0.25, -0.2) is 0 Å². The van der Waals surface area contributed by atoms with E-state index in [2.05, 4.69) is 42.2 Å². The van der Waals surface area contributed by atoms with Crippen LogP contribution in [0.1, 0.15) is 31.2 Å². The van der Waals surface area contributed by atoms with Crippen molar-refractivity contribution in [1.82, 2.24) is 9.80 Å². The SMILES string of the molecule is CC(CCN1CCCN(CC(=O)O)CC1)c1ccccc1. The number of carboxylic acid groups (broad SMARTS) is 1. The maximum atomic E-state index is 10.8. The molecule has 116 valence electrons. The van der Waals surface area contributed by atoms with Gasteiger partial charge in [0.1, 0.15) is 0 Å². The van der Waals surface area contributed by atoms with Gasteiger partial charge in [0, 0.05) is 19.6 Å². The van der Waals surface area contributed by atoms with Crippen molar-refractivity contribution in [1.29, 1.82) is 0 Å². The molecule has 1 saturated heterocycles. The number of nitrogens with zero attached hydrogens (tertiary/aromatic N) is 2. The summed E-state index contributed by atoms with van der Waals surface area (Å²) in [7, 11) is 0. The maximum absolute atomic E-state index is 10.8. The lowest BCUT2D eigenvalue weighted by atomic mass is 9.98. The Balaban J connectivity index is 1.75. The molecule has 1 aromatic rings. The summed E-state index contributed by atoms with van der Waals surface area (Å²) in [4.78, 5) is 15.3. The molecule has 1 aromatic carbocycles. The molecule has 0 radical (unpaired) electrons. The molecule has 0 bridgehead atoms. The first-order chi connectivity index (χ1) is 10.1. The van der Waals surface area contributed by atoms with Crippen molar-refractivity contribution in [2.45, 2.75) is 25.7 Å². The van der Waals surface area contributed by atoms with E-state index >= 15 is 0 Å². The Morgan fingerprint density at radius 1 is 1.14 bits per heavy atom. The van der Waals surface area contributed by atoms with Gasteiger partial charge in [0.25, 0.3) is 0 Å². The van der Waals surface area contributed by atoms with Crippen LogP contribution in [0.25, 0.3) is 0 Å². The van der Waals surface area contributed by atoms with Crippen LogP contribution in [-0.2, 0) is 4.79 Å². The molecular formula is C17H26N2O2. The average Bonchev–Trinajstić information content (AvgIpc) is 2.70. The minimum Gasteiger partial charge on any atom is -0.480 e. The molecule has 2 rings (SSSR count). The fourth-order valence-electron chi connectivity index (χ4n) is 2.92. The van der Waals surface area contributed by atoms with Crippen LogP contribution in [0.4, 0.5) is 0 Å². The third-order valence-electron chi connectivity index (χ3n) is 4.29. The third-order valence-corrected chi connectivity index (χ3v) is 4.29. The second-order valence-corrected chi connectivity index (χ2v) is 5.97. The normalized spacial score (nSPS) is 19.1. The Morgan fingerprint density at radius 2 is 1.81 bits per heavy atom. The van der Waals surface area contributed by atoms with E-state index in [0.717, 1.165) is 45.6 Å². The van der Waals surface area contributed by atoms with Crippen LogP contribution in [0.3, 0.4) is 0 Å². The van der Waals surface area contributed by atoms with Gasteiger partial charge >= 0.3 is 5.97 Å². The fourth-order valence-corrected chi connectivity index (χ4v) is 2.92. The summed E-state index contributed by atoms with van der Waals surface area (Å²) in [5, 5.41) is 8.87. The predicted molar refractivity (Wildman–Crippen MR) is 84.6 cm³/mol. The summed E-state index contributed by atoms with van der Waals surface area (Å²) in [6.07, 6.45) is 2.22. The summed E-state index contributed by atoms with van der Waals surface area (Å²) in [6, 6.07) is 10.6. The Hall–Kier alpha value is -1.39. The van der Waals surface area contributed by atoms with Gasteiger partial charge in [0.05, 0.1) is 6.54 Å². The number of aliphatic carboxylic acids is 1. The highest BCUT2D eigenvalue weighted by Crippen LogP contribution is 2.19. The lowest BCUT2D eigenvalue weighted by Gasteiger charge is -2.22. The van der Waals surface area contributed by atoms with E-state index in [1.165, 1.54) is 5.56 Å². The van der Waals surface area contributed by atoms with E-state index in [0.29, 0.717) is 5.92 Å². The lowest BCUT2D eigenvalue weighted by molar-refractivity contribution is -0.138. The molecule has 1 unspecified atom stereocenters. The van der Waals surface area contributed by atoms with E-state index in [1.807, 2.05) is 4.90 Å². The summed E-state index contributed by atoms with van der Waals surface area (Å²) >= 11 is 0. The highest BCUT2D eigenvalue weighted by atomic mass is 16.4. The van der Waals surface area contributed by atoms with Gasteiger partial charge in [-0.2, -0.15) is 0 Å². The summed E-state index contributed by atoms with van der Waals surface area (Å²) < 4.78 is 0. The molecule has 4 nitrogen and oxygen atoms in total. The number of benzene rings is 1. The molecule has 0 aromatic heterocycles. The van der Waals surface area contributed by atoms with E-state index in [4.69, 9.17) is 5.11 Å². The van der Waals surface area contributed by atoms with E-state index < -0.39 is 5.97 Å². The molecule has 0 aliphatic carbocycles. The molecule has 0 spiro atoms. The van der Waals surface area contributed by atoms with Gasteiger partial charge in [0.15, 0.2) is 0 Å². The van der Waals surface area contributed by atoms with Crippen LogP contribution in [0.2, 0.25) is 0 Å². The first-order valence-corrected chi connectivity index (χ1v) is 7.86. The Morgan fingerprint density at radius 3 is 2.52 bits per heavy atom. The fraction of sp³-hybridized carbons (Fsp3) is 0.588. The van der Waals surface area contributed by atoms with Crippen molar-refractivity contribution in [3.63, 3.8) is 0 Å². The van der Waals surface area contributed by atoms with Crippen molar-refractivity contribution < 1.29 is 9.90 Å². The van der Waals surface area contributed by atoms with E-state index in [9.17, 15) is 4.79 Å². The highest BCUT2D eigenvalue weighted by molar-refractivity contribution is 5.69. The van der Waals surface area contributed by atoms with Crippen LogP contribution >= 0.6 is 0 Å². The Labute approximate surface area is 127 Å². The quantitative estimate of drug-likeness (QED) is 0.873. The third kappa shape index (κ3) is 5.48. The van der Waals surface area contributed by atoms with Gasteiger partial charge < -0.3 is 10.0 Å². The van der Waals surface area contributed by atoms with Crippen LogP contribution in [0, 0.1) is 0 Å². The van der Waals surface area contributed by atoms with Gasteiger partial charge in [-0.3, -0.25) is 9.69 Å². The number of rotatable bonds is 6. The zero-order valence-corrected chi connectivity index (χ0v) is 12.9. The number of hydrogen-bond donors (Lipinski definition) is 1. The number of carbonyl (C=O) groups is 1. The first kappa shape index (κ1) is 16.0. The smallest absolute Gasteiger partial charge is 0.317 e. The molecule has 0 amide bonds. The van der Waals surface area contributed by atoms with Crippen LogP contribution in [0.5, 0.6) is 0 Å². The maximum Gasteiger partial charge on any atom is 0.317 e. The number of hydrogen-bond acceptors (Lipinski definition) is 3. The van der Waals surface area contributed by atoms with Crippen molar-refractivity contribution in [2.75, 3.05) is 39.3 Å². The summed E-state index contributed by atoms with van der Waals surface area (Å²) in [6.45, 7) is 7.38. The average molecular weight is 290 g/mol. The summed E-state index contributed by atoms with van der Waals surface area (Å²) in [5.41, 5.74) is 1.40. The Kier molecular flexibility index (Phi) is 6.21. The van der Waals surface area contributed by atoms with Gasteiger partial charge in [0.2, 0.25) is 0 Å². The van der Waals surface area contributed by atoms with Crippen LogP contribution in [0.15, 0.2) is 30.3 Å². The molecule has 1 aliphatic rings. The van der Waals surface area contributed by atoms with Crippen molar-refractivity contribution in [2.24, 2.45) is 0 Å². The predicted octanol–water partition coefficient (Wildman–Crippen LogP) is 2.27. The molecular weight excluding hydrogens is 264 g/mol. The van der Waals surface area contributed by atoms with Gasteiger partial charge in [-0.15, -0.1) is 0 Å². The van der Waals surface area contributed by atoms with Gasteiger partial charge in [-0.05, 0) is 37.4 Å². The lowest BCUT2D eigenvalue weighted by Crippen LogP contribution is -2.34. The molecule has 1 N–H and O–H groups in total. The second kappa shape index (κ2) is 8.15. The zero-order chi connectivity index (χ0) is 15.1. The highest BCUT2D eigenvalue weighted by Gasteiger charge is 2.17. The second-order valence-electron chi connectivity index (χ2n) is 5.97. The minimum absolute atomic E-state index is 0.175. The van der Waals surface area contributed by atoms with Crippen LogP contribution < -0.4 is 0 Å². The van der Waals surface area contributed by atoms with Crippen molar-refractivity contribution in [3.05, 3.63) is 35.9 Å². The summed E-state index contributed by atoms with van der Waals surface area (Å²) in [5.74, 6) is -0.147. The largest absolute Gasteiger partial charge is 0.480 e. The zero-order valence-electron chi connectivity index (χ0n) is 12.9. The first-order valence-electron chi connectivity index (χ1n) is 7.86. The Bertz CT molecular complexity index is 436. The minimum atomic E-state index is -0.721. The molecule has 4 heteroatoms. The van der Waals surface area contributed by atoms with Crippen molar-refractivity contribution in [3.8, 4) is 0 Å². The van der Waals surface area contributed by atoms with Crippen molar-refractivity contribution >= 4 is 5.97 Å². The molecule has 1 atom stereocenters. The monoisotopic (exact) mass is 290 g/mol. The molecule has 1 aliphatic heterocycles. The molecule has 1 fully saturated rings. The molecule has 21 heavy (non-hydrogen) atoms. The standard InChI is InChI=1S/C17H26N2O2/c1-15(16-6-3-2-4-7-16)8-11-18-9-5-10-19(13-12-18)14-17(20)21/h2-4,6-7,15H,5,8-14H2,1H3,(H,20,21). The van der Waals surface area contributed by atoms with Crippen LogP contribution in [-0.4, -0.2) is 60.1 Å². The van der Waals surface area contributed by atoms with Gasteiger partial charge in [-0.1, -0.05) is 37.3 Å². The van der Waals surface area contributed by atoms with E-state index in [1.54, 1.807) is 0 Å². The number of carboxylic acids is 1.